The van der Waals surface area contributed by atoms with Crippen molar-refractivity contribution in [3.8, 4) is 0 Å². The maximum absolute atomic E-state index is 2.32. The first-order chi connectivity index (χ1) is 11.9. The van der Waals surface area contributed by atoms with Crippen LogP contribution in [0, 0.1) is 11.8 Å². The molecule has 1 fully saturated rings. The van der Waals surface area contributed by atoms with E-state index in [0.29, 0.717) is 0 Å². The Kier molecular flexibility index (Phi) is 15.1. The topological polar surface area (TPSA) is 0 Å². The van der Waals surface area contributed by atoms with Crippen LogP contribution < -0.4 is 0 Å². The minimum absolute atomic E-state index is 0.993. The second-order valence-electron chi connectivity index (χ2n) is 8.38. The molecule has 0 bridgehead atoms. The maximum atomic E-state index is 2.32. The van der Waals surface area contributed by atoms with Crippen molar-refractivity contribution in [1.82, 2.24) is 0 Å². The molecule has 143 valence electrons. The molecular weight excluding hydrogens is 288 g/mol. The SMILES string of the molecule is CCCCCCCCCC(CCCCCCCC)[C]1CCCCC1. The van der Waals surface area contributed by atoms with Gasteiger partial charge < -0.3 is 0 Å². The second-order valence-corrected chi connectivity index (χ2v) is 8.38. The molecular formula is C24H47. The summed E-state index contributed by atoms with van der Waals surface area (Å²) in [5, 5.41) is 0. The zero-order valence-electron chi connectivity index (χ0n) is 17.2. The lowest BCUT2D eigenvalue weighted by molar-refractivity contribution is 0.354. The molecule has 0 aliphatic heterocycles. The van der Waals surface area contributed by atoms with E-state index >= 15 is 0 Å². The first-order valence-electron chi connectivity index (χ1n) is 11.7. The Balaban J connectivity index is 2.15. The van der Waals surface area contributed by atoms with E-state index in [4.69, 9.17) is 0 Å². The molecule has 0 aromatic rings. The molecule has 1 aliphatic carbocycles. The summed E-state index contributed by atoms with van der Waals surface area (Å²) in [6, 6.07) is 0. The number of unbranched alkanes of at least 4 members (excludes halogenated alkanes) is 11. The molecule has 0 heterocycles. The van der Waals surface area contributed by atoms with Crippen LogP contribution >= 0.6 is 0 Å². The number of rotatable bonds is 16. The lowest BCUT2D eigenvalue weighted by atomic mass is 9.75. The predicted molar refractivity (Wildman–Crippen MR) is 110 cm³/mol. The summed E-state index contributed by atoms with van der Waals surface area (Å²) in [5.74, 6) is 2.97. The standard InChI is InChI=1S/C24H47/c1-3-5-7-9-11-13-16-20-23(24-21-17-14-18-22-24)19-15-12-10-8-6-4-2/h23H,3-22H2,1-2H3. The van der Waals surface area contributed by atoms with E-state index in [-0.39, 0.29) is 0 Å². The summed E-state index contributed by atoms with van der Waals surface area (Å²) < 4.78 is 0. The first-order valence-corrected chi connectivity index (χ1v) is 11.7. The Morgan fingerprint density at radius 1 is 0.542 bits per heavy atom. The van der Waals surface area contributed by atoms with E-state index in [1.54, 1.807) is 0 Å². The summed E-state index contributed by atoms with van der Waals surface area (Å²) >= 11 is 0. The highest BCUT2D eigenvalue weighted by Gasteiger charge is 2.23. The molecule has 0 aromatic carbocycles. The average molecular weight is 336 g/mol. The van der Waals surface area contributed by atoms with Gasteiger partial charge in [0, 0.05) is 0 Å². The second kappa shape index (κ2) is 16.5. The van der Waals surface area contributed by atoms with Gasteiger partial charge in [-0.25, -0.2) is 0 Å². The fraction of sp³-hybridized carbons (Fsp3) is 0.958. The van der Waals surface area contributed by atoms with Crippen LogP contribution in [0.1, 0.15) is 142 Å². The maximum Gasteiger partial charge on any atom is -0.0210 e. The normalized spacial score (nSPS) is 17.2. The smallest absolute Gasteiger partial charge is 0.0210 e. The van der Waals surface area contributed by atoms with E-state index in [0.717, 1.165) is 5.92 Å². The van der Waals surface area contributed by atoms with Crippen molar-refractivity contribution in [1.29, 1.82) is 0 Å². The molecule has 0 spiro atoms. The van der Waals surface area contributed by atoms with Crippen molar-refractivity contribution in [2.45, 2.75) is 142 Å². The quantitative estimate of drug-likeness (QED) is 0.247. The molecule has 0 saturated heterocycles. The monoisotopic (exact) mass is 335 g/mol. The van der Waals surface area contributed by atoms with Crippen LogP contribution in [0.15, 0.2) is 0 Å². The third kappa shape index (κ3) is 11.5. The van der Waals surface area contributed by atoms with Crippen molar-refractivity contribution in [3.05, 3.63) is 5.92 Å². The highest BCUT2D eigenvalue weighted by Crippen LogP contribution is 2.37. The van der Waals surface area contributed by atoms with E-state index < -0.39 is 0 Å². The highest BCUT2D eigenvalue weighted by atomic mass is 14.3. The van der Waals surface area contributed by atoms with Crippen molar-refractivity contribution in [2.75, 3.05) is 0 Å². The molecule has 0 amide bonds. The Hall–Kier alpha value is 0. The van der Waals surface area contributed by atoms with Crippen LogP contribution in [0.25, 0.3) is 0 Å². The van der Waals surface area contributed by atoms with Crippen molar-refractivity contribution in [3.63, 3.8) is 0 Å². The number of hydrogen-bond acceptors (Lipinski definition) is 0. The Labute approximate surface area is 154 Å². The van der Waals surface area contributed by atoms with Gasteiger partial charge in [-0.1, -0.05) is 117 Å². The molecule has 1 atom stereocenters. The van der Waals surface area contributed by atoms with Crippen molar-refractivity contribution < 1.29 is 0 Å². The third-order valence-electron chi connectivity index (χ3n) is 6.14. The molecule has 1 aliphatic rings. The van der Waals surface area contributed by atoms with E-state index in [2.05, 4.69) is 13.8 Å². The van der Waals surface area contributed by atoms with Crippen LogP contribution in [0.4, 0.5) is 0 Å². The van der Waals surface area contributed by atoms with Gasteiger partial charge in [0.05, 0.1) is 0 Å². The fourth-order valence-electron chi connectivity index (χ4n) is 4.49. The fourth-order valence-corrected chi connectivity index (χ4v) is 4.49. The predicted octanol–water partition coefficient (Wildman–Crippen LogP) is 9.03. The molecule has 1 rings (SSSR count). The molecule has 0 aromatic heterocycles. The van der Waals surface area contributed by atoms with E-state index in [1.807, 2.05) is 5.92 Å². The summed E-state index contributed by atoms with van der Waals surface area (Å²) in [6.45, 7) is 4.63. The minimum atomic E-state index is 0.993. The summed E-state index contributed by atoms with van der Waals surface area (Å²) in [4.78, 5) is 0. The number of hydrogen-bond donors (Lipinski definition) is 0. The largest absolute Gasteiger partial charge is 0.0654 e. The van der Waals surface area contributed by atoms with Crippen LogP contribution in [0.5, 0.6) is 0 Å². The van der Waals surface area contributed by atoms with Gasteiger partial charge in [0.25, 0.3) is 0 Å². The van der Waals surface area contributed by atoms with Gasteiger partial charge in [0.2, 0.25) is 0 Å². The average Bonchev–Trinajstić information content (AvgIpc) is 2.62. The molecule has 0 nitrogen and oxygen atoms in total. The van der Waals surface area contributed by atoms with Gasteiger partial charge >= 0.3 is 0 Å². The zero-order chi connectivity index (χ0) is 17.3. The molecule has 1 saturated carbocycles. The highest BCUT2D eigenvalue weighted by molar-refractivity contribution is 4.98. The van der Waals surface area contributed by atoms with Gasteiger partial charge in [-0.2, -0.15) is 0 Å². The van der Waals surface area contributed by atoms with E-state index in [9.17, 15) is 0 Å². The van der Waals surface area contributed by atoms with Gasteiger partial charge in [0.15, 0.2) is 0 Å². The van der Waals surface area contributed by atoms with Crippen LogP contribution in [0.3, 0.4) is 0 Å². The van der Waals surface area contributed by atoms with Crippen LogP contribution in [-0.2, 0) is 0 Å². The molecule has 24 heavy (non-hydrogen) atoms. The van der Waals surface area contributed by atoms with E-state index in [1.165, 1.54) is 128 Å². The zero-order valence-corrected chi connectivity index (χ0v) is 17.2. The molecule has 1 unspecified atom stereocenters. The third-order valence-corrected chi connectivity index (χ3v) is 6.14. The summed E-state index contributed by atoms with van der Waals surface area (Å²) in [5.41, 5.74) is 0. The van der Waals surface area contributed by atoms with Gasteiger partial charge in [-0.05, 0) is 37.5 Å². The Bertz CT molecular complexity index is 238. The van der Waals surface area contributed by atoms with Gasteiger partial charge in [-0.3, -0.25) is 0 Å². The molecule has 1 radical (unpaired) electrons. The first kappa shape index (κ1) is 22.0. The van der Waals surface area contributed by atoms with Crippen LogP contribution in [-0.4, -0.2) is 0 Å². The Morgan fingerprint density at radius 2 is 0.958 bits per heavy atom. The van der Waals surface area contributed by atoms with Crippen molar-refractivity contribution >= 4 is 0 Å². The van der Waals surface area contributed by atoms with Crippen molar-refractivity contribution in [2.24, 2.45) is 5.92 Å². The lowest BCUT2D eigenvalue weighted by Gasteiger charge is -2.30. The summed E-state index contributed by atoms with van der Waals surface area (Å²) in [6.07, 6.45) is 29.4. The van der Waals surface area contributed by atoms with Gasteiger partial charge in [0.1, 0.15) is 0 Å². The molecule has 0 N–H and O–H groups in total. The Morgan fingerprint density at radius 3 is 1.42 bits per heavy atom. The van der Waals surface area contributed by atoms with Crippen LogP contribution in [0.2, 0.25) is 0 Å². The minimum Gasteiger partial charge on any atom is -0.0654 e. The van der Waals surface area contributed by atoms with Gasteiger partial charge in [-0.15, -0.1) is 0 Å². The lowest BCUT2D eigenvalue weighted by Crippen LogP contribution is -2.16. The summed E-state index contributed by atoms with van der Waals surface area (Å²) in [7, 11) is 0. The molecule has 0 heteroatoms.